The van der Waals surface area contributed by atoms with Gasteiger partial charge in [-0.15, -0.1) is 0 Å². The van der Waals surface area contributed by atoms with Crippen LogP contribution in [0.4, 0.5) is 0 Å². The molecule has 0 aromatic carbocycles. The smallest absolute Gasteiger partial charge is 0.138 e. The minimum absolute atomic E-state index is 0.169. The lowest BCUT2D eigenvalue weighted by Gasteiger charge is -2.25. The second kappa shape index (κ2) is 5.27. The number of pyridine rings is 1. The zero-order chi connectivity index (χ0) is 13.2. The lowest BCUT2D eigenvalue weighted by atomic mass is 9.89. The summed E-state index contributed by atoms with van der Waals surface area (Å²) in [5, 5.41) is 0. The maximum absolute atomic E-state index is 6.55. The predicted octanol–water partition coefficient (Wildman–Crippen LogP) is 3.23. The lowest BCUT2D eigenvalue weighted by Crippen LogP contribution is -2.33. The van der Waals surface area contributed by atoms with Gasteiger partial charge in [-0.25, -0.2) is 0 Å². The first-order chi connectivity index (χ1) is 8.53. The lowest BCUT2D eigenvalue weighted by molar-refractivity contribution is 0.240. The molecule has 0 amide bonds. The van der Waals surface area contributed by atoms with Crippen molar-refractivity contribution in [1.29, 1.82) is 0 Å². The van der Waals surface area contributed by atoms with E-state index < -0.39 is 0 Å². The Balaban J connectivity index is 2.18. The van der Waals surface area contributed by atoms with E-state index in [4.69, 9.17) is 10.5 Å². The van der Waals surface area contributed by atoms with Crippen molar-refractivity contribution in [3.63, 3.8) is 0 Å². The second-order valence-electron chi connectivity index (χ2n) is 5.75. The molecular weight excluding hydrogens is 224 g/mol. The molecule has 0 bridgehead atoms. The molecule has 1 fully saturated rings. The number of hydrogen-bond acceptors (Lipinski definition) is 3. The molecule has 3 heteroatoms. The van der Waals surface area contributed by atoms with Crippen LogP contribution in [-0.2, 0) is 5.54 Å². The molecule has 0 aliphatic heterocycles. The Morgan fingerprint density at radius 2 is 2.28 bits per heavy atom. The molecule has 2 atom stereocenters. The van der Waals surface area contributed by atoms with Crippen LogP contribution in [0.2, 0.25) is 0 Å². The summed E-state index contributed by atoms with van der Waals surface area (Å²) < 4.78 is 5.69. The quantitative estimate of drug-likeness (QED) is 0.890. The summed E-state index contributed by atoms with van der Waals surface area (Å²) in [6.07, 6.45) is 8.39. The van der Waals surface area contributed by atoms with Crippen molar-refractivity contribution in [3.05, 3.63) is 24.0 Å². The monoisotopic (exact) mass is 248 g/mol. The van der Waals surface area contributed by atoms with E-state index >= 15 is 0 Å². The summed E-state index contributed by atoms with van der Waals surface area (Å²) in [6.45, 7) is 6.29. The number of hydrogen-bond donors (Lipinski definition) is 1. The van der Waals surface area contributed by atoms with Crippen molar-refractivity contribution in [2.75, 3.05) is 0 Å². The molecule has 0 radical (unpaired) electrons. The van der Waals surface area contributed by atoms with Crippen molar-refractivity contribution in [3.8, 4) is 5.75 Å². The van der Waals surface area contributed by atoms with Crippen LogP contribution in [0.15, 0.2) is 18.5 Å². The van der Waals surface area contributed by atoms with Gasteiger partial charge in [-0.3, -0.25) is 4.98 Å². The topological polar surface area (TPSA) is 48.1 Å². The van der Waals surface area contributed by atoms with Crippen LogP contribution in [0.5, 0.6) is 5.75 Å². The SMILES string of the molecule is CCC1CCC(N)(c2cncc(OC(C)C)c2)C1. The summed E-state index contributed by atoms with van der Waals surface area (Å²) >= 11 is 0. The van der Waals surface area contributed by atoms with Gasteiger partial charge in [0.05, 0.1) is 12.3 Å². The third-order valence-corrected chi connectivity index (χ3v) is 3.89. The Hall–Kier alpha value is -1.09. The van der Waals surface area contributed by atoms with Crippen LogP contribution >= 0.6 is 0 Å². The molecule has 18 heavy (non-hydrogen) atoms. The number of nitrogens with zero attached hydrogens (tertiary/aromatic N) is 1. The van der Waals surface area contributed by atoms with E-state index in [0.717, 1.165) is 30.1 Å². The second-order valence-corrected chi connectivity index (χ2v) is 5.75. The summed E-state index contributed by atoms with van der Waals surface area (Å²) in [7, 11) is 0. The van der Waals surface area contributed by atoms with E-state index in [0.29, 0.717) is 0 Å². The van der Waals surface area contributed by atoms with Gasteiger partial charge in [-0.05, 0) is 50.7 Å². The highest BCUT2D eigenvalue weighted by atomic mass is 16.5. The summed E-state index contributed by atoms with van der Waals surface area (Å²) in [5.41, 5.74) is 7.47. The zero-order valence-corrected chi connectivity index (χ0v) is 11.6. The Labute approximate surface area is 110 Å². The highest BCUT2D eigenvalue weighted by molar-refractivity contribution is 5.30. The normalized spacial score (nSPS) is 27.7. The third-order valence-electron chi connectivity index (χ3n) is 3.89. The predicted molar refractivity (Wildman–Crippen MR) is 73.5 cm³/mol. The highest BCUT2D eigenvalue weighted by Gasteiger charge is 2.36. The first-order valence-corrected chi connectivity index (χ1v) is 6.94. The molecule has 2 unspecified atom stereocenters. The van der Waals surface area contributed by atoms with Crippen molar-refractivity contribution < 1.29 is 4.74 Å². The first kappa shape index (κ1) is 13.3. The van der Waals surface area contributed by atoms with Crippen LogP contribution < -0.4 is 10.5 Å². The number of aromatic nitrogens is 1. The highest BCUT2D eigenvalue weighted by Crippen LogP contribution is 2.41. The Kier molecular flexibility index (Phi) is 3.91. The van der Waals surface area contributed by atoms with E-state index in [1.165, 1.54) is 12.8 Å². The average Bonchev–Trinajstić information content (AvgIpc) is 2.72. The zero-order valence-electron chi connectivity index (χ0n) is 11.6. The maximum atomic E-state index is 6.55. The number of ether oxygens (including phenoxy) is 1. The Morgan fingerprint density at radius 3 is 2.89 bits per heavy atom. The molecule has 3 nitrogen and oxygen atoms in total. The van der Waals surface area contributed by atoms with Gasteiger partial charge < -0.3 is 10.5 Å². The minimum atomic E-state index is -0.204. The molecule has 0 spiro atoms. The van der Waals surface area contributed by atoms with Gasteiger partial charge in [-0.2, -0.15) is 0 Å². The molecule has 1 aliphatic carbocycles. The molecule has 1 aromatic heterocycles. The van der Waals surface area contributed by atoms with Crippen LogP contribution in [0.3, 0.4) is 0 Å². The molecule has 0 saturated heterocycles. The molecule has 1 saturated carbocycles. The van der Waals surface area contributed by atoms with E-state index in [1.54, 1.807) is 6.20 Å². The van der Waals surface area contributed by atoms with E-state index in [9.17, 15) is 0 Å². The van der Waals surface area contributed by atoms with Crippen molar-refractivity contribution >= 4 is 0 Å². The number of nitrogens with two attached hydrogens (primary N) is 1. The first-order valence-electron chi connectivity index (χ1n) is 6.94. The fourth-order valence-electron chi connectivity index (χ4n) is 2.82. The average molecular weight is 248 g/mol. The van der Waals surface area contributed by atoms with Crippen LogP contribution in [0, 0.1) is 5.92 Å². The van der Waals surface area contributed by atoms with Gasteiger partial charge in [0.25, 0.3) is 0 Å². The number of rotatable bonds is 4. The van der Waals surface area contributed by atoms with Crippen molar-refractivity contribution in [1.82, 2.24) is 4.98 Å². The fourth-order valence-corrected chi connectivity index (χ4v) is 2.82. The Morgan fingerprint density at radius 1 is 1.50 bits per heavy atom. The standard InChI is InChI=1S/C15H24N2O/c1-4-12-5-6-15(16,8-12)13-7-14(10-17-9-13)18-11(2)3/h7,9-12H,4-6,8,16H2,1-3H3. The molecular formula is C15H24N2O. The van der Waals surface area contributed by atoms with Gasteiger partial charge in [0.15, 0.2) is 0 Å². The molecule has 2 N–H and O–H groups in total. The van der Waals surface area contributed by atoms with Gasteiger partial charge in [0, 0.05) is 11.7 Å². The minimum Gasteiger partial charge on any atom is -0.489 e. The van der Waals surface area contributed by atoms with E-state index in [1.807, 2.05) is 20.0 Å². The van der Waals surface area contributed by atoms with E-state index in [2.05, 4.69) is 18.0 Å². The van der Waals surface area contributed by atoms with Crippen molar-refractivity contribution in [2.45, 2.75) is 58.1 Å². The summed E-state index contributed by atoms with van der Waals surface area (Å²) in [5.74, 6) is 1.58. The summed E-state index contributed by atoms with van der Waals surface area (Å²) in [6, 6.07) is 2.06. The molecule has 2 rings (SSSR count). The fraction of sp³-hybridized carbons (Fsp3) is 0.667. The van der Waals surface area contributed by atoms with E-state index in [-0.39, 0.29) is 11.6 Å². The molecule has 100 valence electrons. The molecule has 1 heterocycles. The maximum Gasteiger partial charge on any atom is 0.138 e. The molecule has 1 aromatic rings. The summed E-state index contributed by atoms with van der Waals surface area (Å²) in [4.78, 5) is 4.27. The molecule has 1 aliphatic rings. The van der Waals surface area contributed by atoms with Crippen LogP contribution in [-0.4, -0.2) is 11.1 Å². The van der Waals surface area contributed by atoms with Crippen LogP contribution in [0.1, 0.15) is 52.0 Å². The third kappa shape index (κ3) is 2.83. The largest absolute Gasteiger partial charge is 0.489 e. The van der Waals surface area contributed by atoms with Gasteiger partial charge in [-0.1, -0.05) is 13.3 Å². The Bertz CT molecular complexity index is 405. The van der Waals surface area contributed by atoms with Gasteiger partial charge in [0.1, 0.15) is 5.75 Å². The van der Waals surface area contributed by atoms with Gasteiger partial charge in [0.2, 0.25) is 0 Å². The van der Waals surface area contributed by atoms with Crippen molar-refractivity contribution in [2.24, 2.45) is 11.7 Å². The van der Waals surface area contributed by atoms with Crippen LogP contribution in [0.25, 0.3) is 0 Å². The van der Waals surface area contributed by atoms with Gasteiger partial charge >= 0.3 is 0 Å².